The normalized spacial score (nSPS) is 22.6. The third-order valence-electron chi connectivity index (χ3n) is 4.33. The SMILES string of the molecule is CNC1CCCC1c1ccc(-c2ccccc2)cc1. The highest BCUT2D eigenvalue weighted by Gasteiger charge is 2.26. The van der Waals surface area contributed by atoms with Crippen LogP contribution >= 0.6 is 0 Å². The first kappa shape index (κ1) is 12.4. The molecule has 98 valence electrons. The van der Waals surface area contributed by atoms with Crippen LogP contribution in [0.1, 0.15) is 30.7 Å². The largest absolute Gasteiger partial charge is 0.316 e. The lowest BCUT2D eigenvalue weighted by atomic mass is 9.92. The Morgan fingerprint density at radius 2 is 1.53 bits per heavy atom. The minimum atomic E-state index is 0.655. The molecule has 0 aliphatic heterocycles. The zero-order valence-electron chi connectivity index (χ0n) is 11.5. The molecule has 2 atom stereocenters. The molecule has 1 saturated carbocycles. The van der Waals surface area contributed by atoms with Crippen LogP contribution in [0.2, 0.25) is 0 Å². The Balaban J connectivity index is 1.83. The number of benzene rings is 2. The Labute approximate surface area is 115 Å². The summed E-state index contributed by atoms with van der Waals surface area (Å²) in [5.41, 5.74) is 4.09. The predicted octanol–water partition coefficient (Wildman–Crippen LogP) is 4.21. The summed E-state index contributed by atoms with van der Waals surface area (Å²) >= 11 is 0. The average molecular weight is 251 g/mol. The van der Waals surface area contributed by atoms with Gasteiger partial charge in [0, 0.05) is 6.04 Å². The first-order valence-corrected chi connectivity index (χ1v) is 7.21. The van der Waals surface area contributed by atoms with Gasteiger partial charge in [0.1, 0.15) is 0 Å². The van der Waals surface area contributed by atoms with Gasteiger partial charge in [0.2, 0.25) is 0 Å². The molecule has 0 saturated heterocycles. The number of rotatable bonds is 3. The molecule has 1 aliphatic carbocycles. The molecule has 0 heterocycles. The summed E-state index contributed by atoms with van der Waals surface area (Å²) in [6, 6.07) is 20.4. The monoisotopic (exact) mass is 251 g/mol. The quantitative estimate of drug-likeness (QED) is 0.861. The van der Waals surface area contributed by atoms with Crippen molar-refractivity contribution in [2.45, 2.75) is 31.2 Å². The van der Waals surface area contributed by atoms with E-state index in [0.717, 1.165) is 0 Å². The lowest BCUT2D eigenvalue weighted by Gasteiger charge is -2.19. The fraction of sp³-hybridized carbons (Fsp3) is 0.333. The summed E-state index contributed by atoms with van der Waals surface area (Å²) in [6.07, 6.45) is 3.97. The van der Waals surface area contributed by atoms with Crippen LogP contribution in [-0.2, 0) is 0 Å². The van der Waals surface area contributed by atoms with E-state index in [-0.39, 0.29) is 0 Å². The summed E-state index contributed by atoms with van der Waals surface area (Å²) in [5.74, 6) is 0.690. The van der Waals surface area contributed by atoms with Crippen molar-refractivity contribution in [3.63, 3.8) is 0 Å². The van der Waals surface area contributed by atoms with Gasteiger partial charge in [-0.1, -0.05) is 61.0 Å². The van der Waals surface area contributed by atoms with Crippen LogP contribution in [0.4, 0.5) is 0 Å². The van der Waals surface area contributed by atoms with Gasteiger partial charge in [-0.05, 0) is 42.5 Å². The Hall–Kier alpha value is -1.60. The Bertz CT molecular complexity index is 515. The molecular formula is C18H21N. The van der Waals surface area contributed by atoms with Crippen molar-refractivity contribution in [1.82, 2.24) is 5.32 Å². The lowest BCUT2D eigenvalue weighted by molar-refractivity contribution is 0.522. The molecule has 2 unspecified atom stereocenters. The number of hydrogen-bond donors (Lipinski definition) is 1. The minimum Gasteiger partial charge on any atom is -0.316 e. The van der Waals surface area contributed by atoms with E-state index in [9.17, 15) is 0 Å². The summed E-state index contributed by atoms with van der Waals surface area (Å²) in [6.45, 7) is 0. The van der Waals surface area contributed by atoms with Crippen molar-refractivity contribution in [3.05, 3.63) is 60.2 Å². The predicted molar refractivity (Wildman–Crippen MR) is 81.3 cm³/mol. The van der Waals surface area contributed by atoms with Crippen molar-refractivity contribution in [3.8, 4) is 11.1 Å². The second-order valence-corrected chi connectivity index (χ2v) is 5.42. The van der Waals surface area contributed by atoms with Crippen LogP contribution in [0.15, 0.2) is 54.6 Å². The highest BCUT2D eigenvalue weighted by molar-refractivity contribution is 5.63. The summed E-state index contributed by atoms with van der Waals surface area (Å²) in [4.78, 5) is 0. The van der Waals surface area contributed by atoms with Crippen molar-refractivity contribution in [2.75, 3.05) is 7.05 Å². The first-order valence-electron chi connectivity index (χ1n) is 7.21. The topological polar surface area (TPSA) is 12.0 Å². The van der Waals surface area contributed by atoms with Crippen molar-refractivity contribution in [2.24, 2.45) is 0 Å². The molecule has 0 bridgehead atoms. The fourth-order valence-electron chi connectivity index (χ4n) is 3.26. The maximum atomic E-state index is 3.46. The molecular weight excluding hydrogens is 230 g/mol. The molecule has 2 aromatic carbocycles. The van der Waals surface area contributed by atoms with Crippen LogP contribution in [0.3, 0.4) is 0 Å². The lowest BCUT2D eigenvalue weighted by Crippen LogP contribution is -2.27. The van der Waals surface area contributed by atoms with Crippen LogP contribution in [0.25, 0.3) is 11.1 Å². The number of nitrogens with one attached hydrogen (secondary N) is 1. The second-order valence-electron chi connectivity index (χ2n) is 5.42. The number of hydrogen-bond acceptors (Lipinski definition) is 1. The maximum absolute atomic E-state index is 3.46. The van der Waals surface area contributed by atoms with Crippen LogP contribution in [0, 0.1) is 0 Å². The molecule has 3 rings (SSSR count). The minimum absolute atomic E-state index is 0.655. The van der Waals surface area contributed by atoms with Crippen molar-refractivity contribution in [1.29, 1.82) is 0 Å². The van der Waals surface area contributed by atoms with Crippen LogP contribution < -0.4 is 5.32 Å². The van der Waals surface area contributed by atoms with Gasteiger partial charge in [-0.3, -0.25) is 0 Å². The maximum Gasteiger partial charge on any atom is 0.0133 e. The molecule has 0 spiro atoms. The van der Waals surface area contributed by atoms with Crippen LogP contribution in [0.5, 0.6) is 0 Å². The second kappa shape index (κ2) is 5.58. The smallest absolute Gasteiger partial charge is 0.0133 e. The van der Waals surface area contributed by atoms with Gasteiger partial charge in [0.25, 0.3) is 0 Å². The van der Waals surface area contributed by atoms with Gasteiger partial charge in [-0.25, -0.2) is 0 Å². The first-order chi connectivity index (χ1) is 9.38. The van der Waals surface area contributed by atoms with E-state index in [2.05, 4.69) is 67.0 Å². The molecule has 0 aromatic heterocycles. The van der Waals surface area contributed by atoms with Gasteiger partial charge in [0.05, 0.1) is 0 Å². The van der Waals surface area contributed by atoms with Crippen LogP contribution in [-0.4, -0.2) is 13.1 Å². The molecule has 1 fully saturated rings. The van der Waals surface area contributed by atoms with E-state index in [1.54, 1.807) is 0 Å². The molecule has 1 N–H and O–H groups in total. The summed E-state index contributed by atoms with van der Waals surface area (Å²) < 4.78 is 0. The van der Waals surface area contributed by atoms with E-state index in [0.29, 0.717) is 12.0 Å². The van der Waals surface area contributed by atoms with Crippen molar-refractivity contribution >= 4 is 0 Å². The van der Waals surface area contributed by atoms with E-state index in [1.807, 2.05) is 0 Å². The Morgan fingerprint density at radius 1 is 0.842 bits per heavy atom. The zero-order valence-corrected chi connectivity index (χ0v) is 11.5. The summed E-state index contributed by atoms with van der Waals surface area (Å²) in [5, 5.41) is 3.46. The summed E-state index contributed by atoms with van der Waals surface area (Å²) in [7, 11) is 2.08. The number of likely N-dealkylation sites (N-methyl/N-ethyl adjacent to an activating group) is 1. The van der Waals surface area contributed by atoms with Gasteiger partial charge >= 0.3 is 0 Å². The highest BCUT2D eigenvalue weighted by atomic mass is 14.9. The molecule has 19 heavy (non-hydrogen) atoms. The van der Waals surface area contributed by atoms with Crippen molar-refractivity contribution < 1.29 is 0 Å². The molecule has 0 amide bonds. The van der Waals surface area contributed by atoms with E-state index >= 15 is 0 Å². The van der Waals surface area contributed by atoms with Gasteiger partial charge in [-0.2, -0.15) is 0 Å². The van der Waals surface area contributed by atoms with Gasteiger partial charge < -0.3 is 5.32 Å². The standard InChI is InChI=1S/C18H21N/c1-19-18-9-5-8-17(18)16-12-10-15(11-13-16)14-6-3-2-4-7-14/h2-4,6-7,10-13,17-19H,5,8-9H2,1H3. The van der Waals surface area contributed by atoms with Gasteiger partial charge in [-0.15, -0.1) is 0 Å². The molecule has 1 aliphatic rings. The molecule has 1 heteroatoms. The third kappa shape index (κ3) is 2.57. The third-order valence-corrected chi connectivity index (χ3v) is 4.33. The van der Waals surface area contributed by atoms with Gasteiger partial charge in [0.15, 0.2) is 0 Å². The molecule has 1 nitrogen and oxygen atoms in total. The van der Waals surface area contributed by atoms with E-state index < -0.39 is 0 Å². The highest BCUT2D eigenvalue weighted by Crippen LogP contribution is 2.35. The molecule has 2 aromatic rings. The Kier molecular flexibility index (Phi) is 3.65. The fourth-order valence-corrected chi connectivity index (χ4v) is 3.26. The molecule has 0 radical (unpaired) electrons. The zero-order chi connectivity index (χ0) is 13.1. The van der Waals surface area contributed by atoms with E-state index in [4.69, 9.17) is 0 Å². The Morgan fingerprint density at radius 3 is 2.21 bits per heavy atom. The van der Waals surface area contributed by atoms with E-state index in [1.165, 1.54) is 36.0 Å². The average Bonchev–Trinajstić information content (AvgIpc) is 2.97.